The lowest BCUT2D eigenvalue weighted by molar-refractivity contribution is -0.384. The van der Waals surface area contributed by atoms with E-state index < -0.39 is 17.0 Å². The molecule has 0 N–H and O–H groups in total. The number of carbonyl (C=O) groups excluding carboxylic acids is 2. The highest BCUT2D eigenvalue weighted by Gasteiger charge is 2.25. The number of rotatable bonds is 5. The van der Waals surface area contributed by atoms with Gasteiger partial charge in [0.1, 0.15) is 5.69 Å². The van der Waals surface area contributed by atoms with Crippen LogP contribution in [-0.2, 0) is 9.53 Å². The molecule has 130 valence electrons. The Morgan fingerprint density at radius 2 is 1.96 bits per heavy atom. The van der Waals surface area contributed by atoms with Crippen molar-refractivity contribution >= 4 is 23.1 Å². The van der Waals surface area contributed by atoms with Gasteiger partial charge in [0, 0.05) is 19.2 Å². The maximum Gasteiger partial charge on any atom is 0.339 e. The predicted octanol–water partition coefficient (Wildman–Crippen LogP) is 2.97. The zero-order valence-electron chi connectivity index (χ0n) is 14.2. The van der Waals surface area contributed by atoms with Gasteiger partial charge >= 0.3 is 5.97 Å². The highest BCUT2D eigenvalue weighted by atomic mass is 16.6. The first-order chi connectivity index (χ1) is 11.3. The molecular formula is C17H22N2O5. The van der Waals surface area contributed by atoms with Crippen molar-refractivity contribution in [2.75, 3.05) is 18.0 Å². The van der Waals surface area contributed by atoms with Crippen molar-refractivity contribution in [3.8, 4) is 0 Å². The Labute approximate surface area is 140 Å². The van der Waals surface area contributed by atoms with E-state index in [-0.39, 0.29) is 17.0 Å². The average Bonchev–Trinajstić information content (AvgIpc) is 2.54. The summed E-state index contributed by atoms with van der Waals surface area (Å²) in [6.45, 7) is 6.47. The van der Waals surface area contributed by atoms with Crippen LogP contribution >= 0.6 is 0 Å². The van der Waals surface area contributed by atoms with E-state index >= 15 is 0 Å². The Morgan fingerprint density at radius 1 is 1.33 bits per heavy atom. The van der Waals surface area contributed by atoms with E-state index in [1.807, 2.05) is 4.90 Å². The quantitative estimate of drug-likeness (QED) is 0.467. The van der Waals surface area contributed by atoms with Crippen molar-refractivity contribution in [1.29, 1.82) is 0 Å². The lowest BCUT2D eigenvalue weighted by Crippen LogP contribution is -2.33. The van der Waals surface area contributed by atoms with E-state index in [1.54, 1.807) is 6.07 Å². The molecule has 0 radical (unpaired) electrons. The van der Waals surface area contributed by atoms with Crippen LogP contribution in [0.4, 0.5) is 11.4 Å². The minimum absolute atomic E-state index is 0.0731. The van der Waals surface area contributed by atoms with Crippen LogP contribution < -0.4 is 4.90 Å². The summed E-state index contributed by atoms with van der Waals surface area (Å²) in [4.78, 5) is 36.1. The monoisotopic (exact) mass is 334 g/mol. The molecule has 1 aromatic rings. The van der Waals surface area contributed by atoms with Gasteiger partial charge in [-0.1, -0.05) is 6.92 Å². The van der Waals surface area contributed by atoms with Crippen molar-refractivity contribution < 1.29 is 19.2 Å². The zero-order valence-corrected chi connectivity index (χ0v) is 14.2. The standard InChI is InChI=1S/C17H22N2O5/c1-11-6-8-18(9-7-11)15-5-4-14(10-16(15)19(22)23)17(21)24-13(3)12(2)20/h4-5,10-11,13H,6-9H2,1-3H3/t13-/m0/s1. The highest BCUT2D eigenvalue weighted by Crippen LogP contribution is 2.32. The van der Waals surface area contributed by atoms with E-state index in [0.717, 1.165) is 25.9 Å². The van der Waals surface area contributed by atoms with Crippen LogP contribution in [0.25, 0.3) is 0 Å². The molecule has 2 rings (SSSR count). The molecule has 1 fully saturated rings. The molecular weight excluding hydrogens is 312 g/mol. The fourth-order valence-electron chi connectivity index (χ4n) is 2.63. The van der Waals surface area contributed by atoms with Crippen molar-refractivity contribution in [2.45, 2.75) is 39.7 Å². The number of benzene rings is 1. The molecule has 1 aromatic carbocycles. The molecule has 0 bridgehead atoms. The van der Waals surface area contributed by atoms with Gasteiger partial charge < -0.3 is 9.64 Å². The first-order valence-corrected chi connectivity index (χ1v) is 8.04. The summed E-state index contributed by atoms with van der Waals surface area (Å²) >= 11 is 0. The molecule has 0 aliphatic carbocycles. The number of piperidine rings is 1. The van der Waals surface area contributed by atoms with Gasteiger partial charge in [-0.05, 0) is 44.7 Å². The van der Waals surface area contributed by atoms with Gasteiger partial charge in [-0.2, -0.15) is 0 Å². The number of Topliss-reactive ketones (excluding diaryl/α,β-unsaturated/α-hetero) is 1. The fraction of sp³-hybridized carbons (Fsp3) is 0.529. The number of hydrogen-bond donors (Lipinski definition) is 0. The van der Waals surface area contributed by atoms with Gasteiger partial charge in [0.15, 0.2) is 11.9 Å². The third kappa shape index (κ3) is 4.10. The average molecular weight is 334 g/mol. The number of ketones is 1. The maximum atomic E-state index is 12.1. The van der Waals surface area contributed by atoms with E-state index in [0.29, 0.717) is 11.6 Å². The first kappa shape index (κ1) is 17.9. The molecule has 0 aromatic heterocycles. The van der Waals surface area contributed by atoms with Crippen LogP contribution in [0.2, 0.25) is 0 Å². The summed E-state index contributed by atoms with van der Waals surface area (Å²) in [6.07, 6.45) is 1.09. The number of nitrogens with zero attached hydrogens (tertiary/aromatic N) is 2. The highest BCUT2D eigenvalue weighted by molar-refractivity contribution is 5.93. The molecule has 0 spiro atoms. The second-order valence-electron chi connectivity index (χ2n) is 6.29. The Hall–Kier alpha value is -2.44. The first-order valence-electron chi connectivity index (χ1n) is 8.04. The summed E-state index contributed by atoms with van der Waals surface area (Å²) < 4.78 is 5.01. The molecule has 0 saturated carbocycles. The van der Waals surface area contributed by atoms with Crippen molar-refractivity contribution in [1.82, 2.24) is 0 Å². The SMILES string of the molecule is CC(=O)[C@H](C)OC(=O)c1ccc(N2CCC(C)CC2)c([N+](=O)[O-])c1. The molecule has 7 nitrogen and oxygen atoms in total. The second kappa shape index (κ2) is 7.42. The number of nitro benzene ring substituents is 1. The van der Waals surface area contributed by atoms with E-state index in [2.05, 4.69) is 6.92 Å². The third-order valence-electron chi connectivity index (χ3n) is 4.39. The van der Waals surface area contributed by atoms with Crippen LogP contribution in [-0.4, -0.2) is 35.9 Å². The van der Waals surface area contributed by atoms with Crippen LogP contribution in [0.1, 0.15) is 44.0 Å². The van der Waals surface area contributed by atoms with Crippen LogP contribution in [0, 0.1) is 16.0 Å². The van der Waals surface area contributed by atoms with E-state index in [9.17, 15) is 19.7 Å². The summed E-state index contributed by atoms with van der Waals surface area (Å²) in [5, 5.41) is 11.4. The Kier molecular flexibility index (Phi) is 5.54. The number of hydrogen-bond acceptors (Lipinski definition) is 6. The molecule has 1 heterocycles. The summed E-state index contributed by atoms with van der Waals surface area (Å²) in [7, 11) is 0. The molecule has 0 amide bonds. The van der Waals surface area contributed by atoms with Crippen molar-refractivity contribution in [3.63, 3.8) is 0 Å². The summed E-state index contributed by atoms with van der Waals surface area (Å²) in [5.41, 5.74) is 0.474. The molecule has 7 heteroatoms. The molecule has 1 saturated heterocycles. The predicted molar refractivity (Wildman–Crippen MR) is 89.3 cm³/mol. The number of anilines is 1. The largest absolute Gasteiger partial charge is 0.451 e. The Balaban J connectivity index is 2.25. The smallest absolute Gasteiger partial charge is 0.339 e. The number of carbonyl (C=O) groups is 2. The van der Waals surface area contributed by atoms with Crippen molar-refractivity contribution in [3.05, 3.63) is 33.9 Å². The molecule has 1 aliphatic heterocycles. The van der Waals surface area contributed by atoms with Gasteiger partial charge in [-0.25, -0.2) is 4.79 Å². The van der Waals surface area contributed by atoms with Gasteiger partial charge in [0.05, 0.1) is 10.5 Å². The van der Waals surface area contributed by atoms with Crippen LogP contribution in [0.3, 0.4) is 0 Å². The van der Waals surface area contributed by atoms with Gasteiger partial charge in [-0.3, -0.25) is 14.9 Å². The molecule has 24 heavy (non-hydrogen) atoms. The molecule has 0 unspecified atom stereocenters. The topological polar surface area (TPSA) is 89.8 Å². The lowest BCUT2D eigenvalue weighted by atomic mass is 9.98. The number of esters is 1. The van der Waals surface area contributed by atoms with E-state index in [1.165, 1.54) is 26.0 Å². The maximum absolute atomic E-state index is 12.1. The number of nitro groups is 1. The van der Waals surface area contributed by atoms with Crippen molar-refractivity contribution in [2.24, 2.45) is 5.92 Å². The minimum Gasteiger partial charge on any atom is -0.451 e. The van der Waals surface area contributed by atoms with Crippen LogP contribution in [0.15, 0.2) is 18.2 Å². The lowest BCUT2D eigenvalue weighted by Gasteiger charge is -2.31. The summed E-state index contributed by atoms with van der Waals surface area (Å²) in [6, 6.07) is 4.32. The third-order valence-corrected chi connectivity index (χ3v) is 4.39. The molecule has 1 aliphatic rings. The van der Waals surface area contributed by atoms with Gasteiger partial charge in [0.2, 0.25) is 0 Å². The Morgan fingerprint density at radius 3 is 2.50 bits per heavy atom. The zero-order chi connectivity index (χ0) is 17.9. The van der Waals surface area contributed by atoms with Crippen LogP contribution in [0.5, 0.6) is 0 Å². The summed E-state index contributed by atoms with van der Waals surface area (Å²) in [5.74, 6) is -0.404. The number of ether oxygens (including phenoxy) is 1. The second-order valence-corrected chi connectivity index (χ2v) is 6.29. The molecule has 1 atom stereocenters. The minimum atomic E-state index is -0.875. The van der Waals surface area contributed by atoms with E-state index in [4.69, 9.17) is 4.74 Å². The Bertz CT molecular complexity index is 650. The van der Waals surface area contributed by atoms with Gasteiger partial charge in [0.25, 0.3) is 5.69 Å². The normalized spacial score (nSPS) is 16.5. The van der Waals surface area contributed by atoms with Gasteiger partial charge in [-0.15, -0.1) is 0 Å². The fourth-order valence-corrected chi connectivity index (χ4v) is 2.63.